The van der Waals surface area contributed by atoms with E-state index in [9.17, 15) is 18.0 Å². The lowest BCUT2D eigenvalue weighted by molar-refractivity contribution is -0.138. The lowest BCUT2D eigenvalue weighted by Crippen LogP contribution is -2.45. The first-order chi connectivity index (χ1) is 11.9. The Morgan fingerprint density at radius 3 is 2.52 bits per heavy atom. The zero-order valence-corrected chi connectivity index (χ0v) is 13.4. The molecule has 0 bridgehead atoms. The van der Waals surface area contributed by atoms with Crippen molar-refractivity contribution in [3.05, 3.63) is 70.8 Å². The Bertz CT molecular complexity index is 804. The molecule has 3 nitrogen and oxygen atoms in total. The molecule has 0 saturated carbocycles. The number of hydrogen-bond acceptors (Lipinski definition) is 2. The molecule has 2 heterocycles. The summed E-state index contributed by atoms with van der Waals surface area (Å²) in [4.78, 5) is 14.5. The highest BCUT2D eigenvalue weighted by atomic mass is 19.4. The van der Waals surface area contributed by atoms with E-state index in [0.29, 0.717) is 18.7 Å². The number of amides is 1. The number of benzene rings is 2. The highest BCUT2D eigenvalue weighted by molar-refractivity contribution is 5.99. The normalized spacial score (nSPS) is 23.1. The van der Waals surface area contributed by atoms with Crippen LogP contribution >= 0.6 is 0 Å². The molecule has 0 unspecified atom stereocenters. The van der Waals surface area contributed by atoms with E-state index in [1.54, 1.807) is 6.07 Å². The van der Waals surface area contributed by atoms with Crippen LogP contribution in [0.25, 0.3) is 0 Å². The van der Waals surface area contributed by atoms with Gasteiger partial charge in [0.2, 0.25) is 0 Å². The molecule has 2 atom stereocenters. The SMILES string of the molecule is O=C1N[C@@H]2CN(Cc3ccccc3)C[C@H]2c2cccc(C(F)(F)F)c21. The molecule has 1 amide bonds. The van der Waals surface area contributed by atoms with Crippen LogP contribution in [0.4, 0.5) is 13.2 Å². The molecule has 1 N–H and O–H groups in total. The summed E-state index contributed by atoms with van der Waals surface area (Å²) in [6.45, 7) is 1.99. The fourth-order valence-corrected chi connectivity index (χ4v) is 3.93. The third-order valence-corrected chi connectivity index (χ3v) is 4.99. The Morgan fingerprint density at radius 1 is 1.04 bits per heavy atom. The molecular formula is C19H17F3N2O. The maximum atomic E-state index is 13.3. The number of carbonyl (C=O) groups is 1. The molecule has 2 aromatic carbocycles. The second kappa shape index (κ2) is 5.88. The predicted molar refractivity (Wildman–Crippen MR) is 87.2 cm³/mol. The maximum absolute atomic E-state index is 13.3. The Labute approximate surface area is 143 Å². The lowest BCUT2D eigenvalue weighted by Gasteiger charge is -2.29. The minimum atomic E-state index is -4.53. The van der Waals surface area contributed by atoms with E-state index in [1.165, 1.54) is 6.07 Å². The summed E-state index contributed by atoms with van der Waals surface area (Å²) in [5.41, 5.74) is 0.608. The highest BCUT2D eigenvalue weighted by Crippen LogP contribution is 2.40. The standard InChI is InChI=1S/C19H17F3N2O/c20-19(21,22)15-8-4-7-13-14-10-24(9-12-5-2-1-3-6-12)11-16(14)23-18(25)17(13)15/h1-8,14,16H,9-11H2,(H,23,25)/t14-,16+/m0/s1. The van der Waals surface area contributed by atoms with Crippen molar-refractivity contribution in [1.82, 2.24) is 10.2 Å². The van der Waals surface area contributed by atoms with Gasteiger partial charge < -0.3 is 5.32 Å². The van der Waals surface area contributed by atoms with Crippen LogP contribution in [0.2, 0.25) is 0 Å². The van der Waals surface area contributed by atoms with Crippen LogP contribution in [0.3, 0.4) is 0 Å². The smallest absolute Gasteiger partial charge is 0.347 e. The molecule has 6 heteroatoms. The van der Waals surface area contributed by atoms with E-state index in [0.717, 1.165) is 18.2 Å². The van der Waals surface area contributed by atoms with Crippen molar-refractivity contribution in [3.63, 3.8) is 0 Å². The molecule has 2 aliphatic heterocycles. The van der Waals surface area contributed by atoms with E-state index < -0.39 is 17.6 Å². The zero-order valence-electron chi connectivity index (χ0n) is 13.4. The molecule has 0 radical (unpaired) electrons. The van der Waals surface area contributed by atoms with Crippen molar-refractivity contribution in [2.24, 2.45) is 0 Å². The molecule has 2 aliphatic rings. The summed E-state index contributed by atoms with van der Waals surface area (Å²) < 4.78 is 39.8. The van der Waals surface area contributed by atoms with Crippen LogP contribution < -0.4 is 5.32 Å². The Hall–Kier alpha value is -2.34. The first kappa shape index (κ1) is 16.1. The Kier molecular flexibility index (Phi) is 3.80. The van der Waals surface area contributed by atoms with Gasteiger partial charge >= 0.3 is 6.18 Å². The van der Waals surface area contributed by atoms with Gasteiger partial charge in [0.25, 0.3) is 5.91 Å². The fraction of sp³-hybridized carbons (Fsp3) is 0.316. The number of carbonyl (C=O) groups excluding carboxylic acids is 1. The second-order valence-electron chi connectivity index (χ2n) is 6.63. The van der Waals surface area contributed by atoms with Gasteiger partial charge in [-0.3, -0.25) is 9.69 Å². The molecule has 4 rings (SSSR count). The number of likely N-dealkylation sites (tertiary alicyclic amines) is 1. The summed E-state index contributed by atoms with van der Waals surface area (Å²) in [7, 11) is 0. The number of rotatable bonds is 2. The monoisotopic (exact) mass is 346 g/mol. The van der Waals surface area contributed by atoms with Gasteiger partial charge in [-0.1, -0.05) is 42.5 Å². The predicted octanol–water partition coefficient (Wildman–Crippen LogP) is 3.42. The maximum Gasteiger partial charge on any atom is 0.417 e. The molecule has 0 spiro atoms. The topological polar surface area (TPSA) is 32.3 Å². The average molecular weight is 346 g/mol. The number of halogens is 3. The van der Waals surface area contributed by atoms with Gasteiger partial charge in [0.05, 0.1) is 11.1 Å². The van der Waals surface area contributed by atoms with Crippen molar-refractivity contribution < 1.29 is 18.0 Å². The third kappa shape index (κ3) is 2.91. The van der Waals surface area contributed by atoms with Gasteiger partial charge in [0, 0.05) is 31.6 Å². The number of alkyl halides is 3. The lowest BCUT2D eigenvalue weighted by atomic mass is 9.84. The Balaban J connectivity index is 1.64. The summed E-state index contributed by atoms with van der Waals surface area (Å²) in [6.07, 6.45) is -4.53. The van der Waals surface area contributed by atoms with Crippen molar-refractivity contribution in [2.75, 3.05) is 13.1 Å². The van der Waals surface area contributed by atoms with Gasteiger partial charge in [0.15, 0.2) is 0 Å². The summed E-state index contributed by atoms with van der Waals surface area (Å²) >= 11 is 0. The van der Waals surface area contributed by atoms with Gasteiger partial charge in [-0.2, -0.15) is 13.2 Å². The van der Waals surface area contributed by atoms with Crippen LogP contribution in [0.1, 0.15) is 33.0 Å². The third-order valence-electron chi connectivity index (χ3n) is 4.99. The van der Waals surface area contributed by atoms with Crippen molar-refractivity contribution in [3.8, 4) is 0 Å². The summed E-state index contributed by atoms with van der Waals surface area (Å²) in [5, 5.41) is 2.78. The van der Waals surface area contributed by atoms with Gasteiger partial charge in [-0.25, -0.2) is 0 Å². The van der Waals surface area contributed by atoms with E-state index in [1.807, 2.05) is 30.3 Å². The molecule has 25 heavy (non-hydrogen) atoms. The second-order valence-corrected chi connectivity index (χ2v) is 6.63. The Morgan fingerprint density at radius 2 is 1.80 bits per heavy atom. The number of nitrogens with one attached hydrogen (secondary N) is 1. The van der Waals surface area contributed by atoms with E-state index in [4.69, 9.17) is 0 Å². The molecule has 0 aromatic heterocycles. The van der Waals surface area contributed by atoms with Crippen molar-refractivity contribution in [1.29, 1.82) is 0 Å². The van der Waals surface area contributed by atoms with E-state index in [-0.39, 0.29) is 17.5 Å². The minimum absolute atomic E-state index is 0.112. The first-order valence-electron chi connectivity index (χ1n) is 8.21. The highest BCUT2D eigenvalue weighted by Gasteiger charge is 2.44. The number of hydrogen-bond donors (Lipinski definition) is 1. The number of nitrogens with zero attached hydrogens (tertiary/aromatic N) is 1. The van der Waals surface area contributed by atoms with Gasteiger partial charge in [-0.05, 0) is 17.2 Å². The van der Waals surface area contributed by atoms with Crippen molar-refractivity contribution in [2.45, 2.75) is 24.7 Å². The quantitative estimate of drug-likeness (QED) is 0.904. The summed E-state index contributed by atoms with van der Waals surface area (Å²) in [5.74, 6) is -0.732. The average Bonchev–Trinajstić information content (AvgIpc) is 2.97. The van der Waals surface area contributed by atoms with Crippen molar-refractivity contribution >= 4 is 5.91 Å². The molecule has 1 saturated heterocycles. The molecule has 0 aliphatic carbocycles. The summed E-state index contributed by atoms with van der Waals surface area (Å²) in [6, 6.07) is 13.8. The zero-order chi connectivity index (χ0) is 17.6. The molecule has 1 fully saturated rings. The largest absolute Gasteiger partial charge is 0.417 e. The van der Waals surface area contributed by atoms with Crippen LogP contribution in [0.15, 0.2) is 48.5 Å². The van der Waals surface area contributed by atoms with Gasteiger partial charge in [0.1, 0.15) is 0 Å². The van der Waals surface area contributed by atoms with Crippen LogP contribution in [-0.2, 0) is 12.7 Å². The van der Waals surface area contributed by atoms with Crippen LogP contribution in [0, 0.1) is 0 Å². The fourth-order valence-electron chi connectivity index (χ4n) is 3.93. The molecule has 130 valence electrons. The van der Waals surface area contributed by atoms with E-state index in [2.05, 4.69) is 10.2 Å². The van der Waals surface area contributed by atoms with Gasteiger partial charge in [-0.15, -0.1) is 0 Å². The molecular weight excluding hydrogens is 329 g/mol. The van der Waals surface area contributed by atoms with E-state index >= 15 is 0 Å². The van der Waals surface area contributed by atoms with Crippen LogP contribution in [0.5, 0.6) is 0 Å². The van der Waals surface area contributed by atoms with Crippen LogP contribution in [-0.4, -0.2) is 29.9 Å². The number of fused-ring (bicyclic) bond motifs is 3. The first-order valence-corrected chi connectivity index (χ1v) is 8.21. The molecule has 2 aromatic rings. The minimum Gasteiger partial charge on any atom is -0.347 e.